The van der Waals surface area contributed by atoms with Crippen molar-refractivity contribution in [1.82, 2.24) is 121 Å². The maximum Gasteiger partial charge on any atom is 0.138 e. The van der Waals surface area contributed by atoms with Gasteiger partial charge in [-0.1, -0.05) is 54.6 Å². The number of pyridine rings is 1. The van der Waals surface area contributed by atoms with Crippen LogP contribution in [0, 0.1) is 0 Å². The van der Waals surface area contributed by atoms with Crippen LogP contribution in [0.3, 0.4) is 0 Å². The Hall–Kier alpha value is -12.0. The van der Waals surface area contributed by atoms with Gasteiger partial charge in [-0.2, -0.15) is 40.9 Å². The Balaban J connectivity index is 0.000000187. The fraction of sp³-hybridized carbons (Fsp3) is 0. The number of hydrogen-bond acceptors (Lipinski definition) is 19. The van der Waals surface area contributed by atoms with Gasteiger partial charge in [-0.15, -0.1) is 5.10 Å². The first-order valence-electron chi connectivity index (χ1n) is 23.3. The minimum atomic E-state index is 0.949. The van der Waals surface area contributed by atoms with Crippen molar-refractivity contribution in [2.24, 2.45) is 0 Å². The molecule has 0 spiro atoms. The minimum Gasteiger partial charge on any atom is -0.368 e. The Kier molecular flexibility index (Phi) is 33.7. The molecule has 3 aromatic carbocycles. The summed E-state index contributed by atoms with van der Waals surface area (Å²) in [6.45, 7) is 0. The van der Waals surface area contributed by atoms with Gasteiger partial charge in [-0.05, 0) is 84.2 Å². The highest BCUT2D eigenvalue weighted by Crippen LogP contribution is 2.09. The maximum absolute atomic E-state index is 4.06. The van der Waals surface area contributed by atoms with E-state index in [0.29, 0.717) is 0 Å². The van der Waals surface area contributed by atoms with Crippen molar-refractivity contribution in [2.75, 3.05) is 0 Å². The zero-order valence-corrected chi connectivity index (χ0v) is 42.3. The number of nitrogens with zero attached hydrogens (tertiary/aromatic N) is 19. The Labute approximate surface area is 453 Å². The Morgan fingerprint density at radius 2 is 0.835 bits per heavy atom. The van der Waals surface area contributed by atoms with E-state index < -0.39 is 0 Å². The maximum atomic E-state index is 4.06. The van der Waals surface area contributed by atoms with E-state index in [-0.39, 0.29) is 0 Å². The van der Waals surface area contributed by atoms with E-state index in [4.69, 9.17) is 0 Å². The molecule has 0 atom stereocenters. The van der Waals surface area contributed by atoms with E-state index in [1.165, 1.54) is 48.7 Å². The molecular formula is C55H54N24. The quantitative estimate of drug-likeness (QED) is 0.0946. The first-order valence-corrected chi connectivity index (χ1v) is 23.3. The summed E-state index contributed by atoms with van der Waals surface area (Å²) in [5, 5.41) is 33.4. The molecule has 0 amide bonds. The second-order valence-electron chi connectivity index (χ2n) is 13.7. The largest absolute Gasteiger partial charge is 0.368 e. The Bertz CT molecular complexity index is 2750. The first-order chi connectivity index (χ1) is 39.4. The van der Waals surface area contributed by atoms with Crippen molar-refractivity contribution >= 4 is 32.8 Å². The van der Waals surface area contributed by atoms with Gasteiger partial charge in [0.25, 0.3) is 0 Å². The molecule has 0 saturated heterocycles. The van der Waals surface area contributed by atoms with Crippen LogP contribution in [0.2, 0.25) is 0 Å². The summed E-state index contributed by atoms with van der Waals surface area (Å²) in [5.41, 5.74) is 4.28. The van der Waals surface area contributed by atoms with E-state index in [1.807, 2.05) is 128 Å². The summed E-state index contributed by atoms with van der Waals surface area (Å²) in [4.78, 5) is 52.3. The molecular weight excluding hydrogens is 997 g/mol. The highest BCUT2D eigenvalue weighted by molar-refractivity contribution is 5.79. The van der Waals surface area contributed by atoms with Crippen LogP contribution in [0.5, 0.6) is 0 Å². The summed E-state index contributed by atoms with van der Waals surface area (Å²) in [6.07, 6.45) is 44.4. The highest BCUT2D eigenvalue weighted by atomic mass is 15.3. The van der Waals surface area contributed by atoms with Crippen molar-refractivity contribution < 1.29 is 0 Å². The molecule has 5 N–H and O–H groups in total. The van der Waals surface area contributed by atoms with Crippen LogP contribution in [0.15, 0.2) is 302 Å². The predicted octanol–water partition coefficient (Wildman–Crippen LogP) is 8.84. The zero-order chi connectivity index (χ0) is 55.1. The van der Waals surface area contributed by atoms with Crippen molar-refractivity contribution in [3.63, 3.8) is 0 Å². The number of hydrogen-bond donors (Lipinski definition) is 5. The van der Waals surface area contributed by atoms with Gasteiger partial charge in [0.2, 0.25) is 0 Å². The number of benzene rings is 3. The lowest BCUT2D eigenvalue weighted by Crippen LogP contribution is -1.79. The third kappa shape index (κ3) is 32.7. The van der Waals surface area contributed by atoms with E-state index in [9.17, 15) is 0 Å². The van der Waals surface area contributed by atoms with Crippen molar-refractivity contribution in [3.05, 3.63) is 302 Å². The van der Waals surface area contributed by atoms with E-state index in [2.05, 4.69) is 139 Å². The van der Waals surface area contributed by atoms with Crippen LogP contribution >= 0.6 is 0 Å². The van der Waals surface area contributed by atoms with Crippen LogP contribution in [0.4, 0.5) is 0 Å². The minimum absolute atomic E-state index is 0.949. The fourth-order valence-electron chi connectivity index (χ4n) is 4.95. The fourth-order valence-corrected chi connectivity index (χ4v) is 4.95. The Morgan fingerprint density at radius 1 is 0.266 bits per heavy atom. The number of rotatable bonds is 0. The van der Waals surface area contributed by atoms with Gasteiger partial charge in [-0.3, -0.25) is 15.0 Å². The molecule has 0 aliphatic carbocycles. The molecule has 0 radical (unpaired) electrons. The molecule has 12 aromatic heterocycles. The van der Waals surface area contributed by atoms with Crippen molar-refractivity contribution in [3.8, 4) is 0 Å². The number of aromatic amines is 5. The second kappa shape index (κ2) is 44.7. The van der Waals surface area contributed by atoms with Gasteiger partial charge in [0.15, 0.2) is 0 Å². The molecule has 0 unspecified atom stereocenters. The molecule has 15 aromatic rings. The smallest absolute Gasteiger partial charge is 0.138 e. The van der Waals surface area contributed by atoms with Crippen LogP contribution in [-0.4, -0.2) is 121 Å². The van der Waals surface area contributed by atoms with E-state index in [0.717, 1.165) is 21.9 Å². The van der Waals surface area contributed by atoms with Crippen LogP contribution in [0.25, 0.3) is 32.8 Å². The van der Waals surface area contributed by atoms with Crippen LogP contribution in [-0.2, 0) is 0 Å². The third-order valence-electron chi connectivity index (χ3n) is 8.26. The summed E-state index contributed by atoms with van der Waals surface area (Å²) in [6, 6.07) is 43.1. The summed E-state index contributed by atoms with van der Waals surface area (Å²) in [7, 11) is 0. The third-order valence-corrected chi connectivity index (χ3v) is 8.26. The summed E-state index contributed by atoms with van der Waals surface area (Å²) in [5.74, 6) is 0. The average molecular weight is 1050 g/mol. The van der Waals surface area contributed by atoms with Gasteiger partial charge in [0.1, 0.15) is 31.6 Å². The number of aromatic nitrogens is 24. The molecule has 0 fully saturated rings. The number of H-pyrrole nitrogens is 5. The van der Waals surface area contributed by atoms with Gasteiger partial charge < -0.3 is 19.9 Å². The average Bonchev–Trinajstić information content (AvgIpc) is 4.45. The Morgan fingerprint density at radius 3 is 1.23 bits per heavy atom. The van der Waals surface area contributed by atoms with Crippen LogP contribution < -0.4 is 0 Å². The highest BCUT2D eigenvalue weighted by Gasteiger charge is 1.89. The first kappa shape index (κ1) is 59.6. The molecule has 24 nitrogen and oxygen atoms in total. The second-order valence-corrected chi connectivity index (χ2v) is 13.7. The molecule has 0 aliphatic rings. The lowest BCUT2D eigenvalue weighted by atomic mass is 10.2. The normalized spacial score (nSPS) is 8.76. The van der Waals surface area contributed by atoms with Crippen molar-refractivity contribution in [2.45, 2.75) is 0 Å². The monoisotopic (exact) mass is 1050 g/mol. The number of nitrogens with one attached hydrogen (secondary N) is 5. The SMILES string of the molecule is c1c[nH]cn1.c1cc[nH]c1.c1ccc2[nH]ccc2c1.c1ccc2[nH]cnc2c1.c1ccc2nnccc2c1.c1ccncc1.c1ccnnc1.c1cn[nH]n1.c1cnccn1.c1cncnc1.c1cnncn1.c1ncncn1. The predicted molar refractivity (Wildman–Crippen MR) is 300 cm³/mol. The van der Waals surface area contributed by atoms with E-state index in [1.54, 1.807) is 118 Å². The molecule has 0 bridgehead atoms. The van der Waals surface area contributed by atoms with Gasteiger partial charge >= 0.3 is 0 Å². The molecule has 0 saturated carbocycles. The number of imidazole rings is 2. The topological polar surface area (TPSA) is 324 Å². The zero-order valence-electron chi connectivity index (χ0n) is 42.3. The summed E-state index contributed by atoms with van der Waals surface area (Å²) >= 11 is 0. The standard InChI is InChI=1S/C8H6N2.C8H7N.C7H6N2.C5H5N.3C4H4N2.C4H5N.2C3H3N3.C3H4N2.C2H3N3/c1-2-4-8-7(3-1)5-6-9-10-8;1-2-4-8-7(3-1)5-6-9-8;1-2-4-7-6(3-1)8-5-9-7;1-2-4-6-5-3-1;1-2-6-4-3-5-1;1-2-5-4-6-3-1;1-2-4-6-5-3-1;1-2-4-5-3-1;1-4-2-6-3-5-1;1-2-5-6-3-4-1;1-2-5-3-4-1;1-2-4-5-3-1/h1-6H;1-6,9H;1-5H,(H,8,9);1-5H;3*1-4H;1-5H;2*1-3H;1-3H,(H,4,5);1-2H,(H,3,4,5). The van der Waals surface area contributed by atoms with Crippen molar-refractivity contribution in [1.29, 1.82) is 0 Å². The van der Waals surface area contributed by atoms with Gasteiger partial charge in [-0.25, -0.2) is 39.9 Å². The number of para-hydroxylation sites is 3. The number of fused-ring (bicyclic) bond motifs is 3. The molecule has 24 heteroatoms. The molecule has 0 aliphatic heterocycles. The molecule has 12 heterocycles. The lowest BCUT2D eigenvalue weighted by Gasteiger charge is -1.90. The van der Waals surface area contributed by atoms with Gasteiger partial charge in [0, 0.05) is 110 Å². The molecule has 15 rings (SSSR count). The molecule has 394 valence electrons. The molecule has 79 heavy (non-hydrogen) atoms. The van der Waals surface area contributed by atoms with Crippen LogP contribution in [0.1, 0.15) is 0 Å². The lowest BCUT2D eigenvalue weighted by molar-refractivity contribution is 0.940. The summed E-state index contributed by atoms with van der Waals surface area (Å²) < 4.78 is 0. The van der Waals surface area contributed by atoms with Gasteiger partial charge in [0.05, 0.1) is 54.0 Å². The van der Waals surface area contributed by atoms with E-state index >= 15 is 0 Å².